The topological polar surface area (TPSA) is 56.2 Å². The number of rotatable bonds is 4. The Kier molecular flexibility index (Phi) is 4.98. The lowest BCUT2D eigenvalue weighted by Crippen LogP contribution is -2.29. The molecule has 23 heavy (non-hydrogen) atoms. The fraction of sp³-hybridized carbons (Fsp3) is 0.412. The molecular formula is C17H20ClN3O2. The molecule has 3 rings (SSSR count). The minimum absolute atomic E-state index is 0.128. The molecule has 1 saturated heterocycles. The Bertz CT molecular complexity index is 693. The van der Waals surface area contributed by atoms with Gasteiger partial charge in [-0.05, 0) is 37.5 Å². The van der Waals surface area contributed by atoms with E-state index >= 15 is 0 Å². The monoisotopic (exact) mass is 333 g/mol. The smallest absolute Gasteiger partial charge is 0.269 e. The van der Waals surface area contributed by atoms with Gasteiger partial charge in [0.25, 0.3) is 5.91 Å². The fourth-order valence-electron chi connectivity index (χ4n) is 2.80. The summed E-state index contributed by atoms with van der Waals surface area (Å²) in [6, 6.07) is 9.56. The molecule has 1 aromatic heterocycles. The van der Waals surface area contributed by atoms with E-state index in [9.17, 15) is 4.79 Å². The predicted octanol–water partition coefficient (Wildman–Crippen LogP) is 3.13. The van der Waals surface area contributed by atoms with E-state index in [2.05, 4.69) is 10.4 Å². The van der Waals surface area contributed by atoms with Gasteiger partial charge in [0.2, 0.25) is 0 Å². The molecule has 0 saturated carbocycles. The van der Waals surface area contributed by atoms with E-state index in [1.807, 2.05) is 41.9 Å². The first-order valence-electron chi connectivity index (χ1n) is 7.80. The second kappa shape index (κ2) is 7.15. The van der Waals surface area contributed by atoms with Crippen LogP contribution in [0.5, 0.6) is 0 Å². The van der Waals surface area contributed by atoms with E-state index in [4.69, 9.17) is 16.3 Å². The quantitative estimate of drug-likeness (QED) is 0.935. The van der Waals surface area contributed by atoms with Gasteiger partial charge in [0.15, 0.2) is 0 Å². The summed E-state index contributed by atoms with van der Waals surface area (Å²) in [6.45, 7) is 3.73. The number of nitrogens with zero attached hydrogens (tertiary/aromatic N) is 2. The lowest BCUT2D eigenvalue weighted by molar-refractivity contribution is 0.0641. The van der Waals surface area contributed by atoms with E-state index < -0.39 is 0 Å². The zero-order valence-electron chi connectivity index (χ0n) is 13.1. The van der Waals surface area contributed by atoms with Crippen molar-refractivity contribution in [1.82, 2.24) is 15.1 Å². The second-order valence-electron chi connectivity index (χ2n) is 5.73. The largest absolute Gasteiger partial charge is 0.381 e. The van der Waals surface area contributed by atoms with Gasteiger partial charge in [0.05, 0.1) is 11.7 Å². The summed E-state index contributed by atoms with van der Waals surface area (Å²) in [4.78, 5) is 12.6. The Balaban J connectivity index is 1.73. The van der Waals surface area contributed by atoms with Crippen molar-refractivity contribution in [2.45, 2.75) is 32.4 Å². The summed E-state index contributed by atoms with van der Waals surface area (Å²) >= 11 is 6.13. The van der Waals surface area contributed by atoms with Crippen LogP contribution in [0.25, 0.3) is 0 Å². The molecule has 1 amide bonds. The molecule has 1 aliphatic heterocycles. The second-order valence-corrected chi connectivity index (χ2v) is 6.14. The summed E-state index contributed by atoms with van der Waals surface area (Å²) in [7, 11) is 0. The average molecular weight is 334 g/mol. The van der Waals surface area contributed by atoms with Gasteiger partial charge >= 0.3 is 0 Å². The minimum atomic E-state index is -0.128. The molecule has 1 N–H and O–H groups in total. The van der Waals surface area contributed by atoms with Gasteiger partial charge in [0, 0.05) is 24.8 Å². The highest BCUT2D eigenvalue weighted by Gasteiger charge is 2.22. The summed E-state index contributed by atoms with van der Waals surface area (Å²) in [6.07, 6.45) is 1.76. The van der Waals surface area contributed by atoms with Gasteiger partial charge in [-0.3, -0.25) is 9.48 Å². The molecule has 1 fully saturated rings. The van der Waals surface area contributed by atoms with Gasteiger partial charge in [-0.25, -0.2) is 0 Å². The summed E-state index contributed by atoms with van der Waals surface area (Å²) in [5, 5.41) is 8.09. The van der Waals surface area contributed by atoms with E-state index in [0.29, 0.717) is 30.5 Å². The molecule has 0 spiro atoms. The molecule has 122 valence electrons. The van der Waals surface area contributed by atoms with Gasteiger partial charge in [-0.2, -0.15) is 5.10 Å². The van der Waals surface area contributed by atoms with Crippen LogP contribution in [0.2, 0.25) is 5.02 Å². The van der Waals surface area contributed by atoms with Crippen LogP contribution in [-0.4, -0.2) is 28.9 Å². The number of hydrogen-bond donors (Lipinski definition) is 1. The number of ether oxygens (including phenoxy) is 1. The lowest BCUT2D eigenvalue weighted by Gasteiger charge is -2.24. The van der Waals surface area contributed by atoms with Gasteiger partial charge < -0.3 is 10.1 Å². The van der Waals surface area contributed by atoms with Crippen molar-refractivity contribution in [3.05, 3.63) is 52.3 Å². The van der Waals surface area contributed by atoms with Crippen molar-refractivity contribution in [3.8, 4) is 0 Å². The number of hydrogen-bond acceptors (Lipinski definition) is 3. The maximum absolute atomic E-state index is 12.6. The molecule has 0 radical (unpaired) electrons. The van der Waals surface area contributed by atoms with E-state index in [0.717, 1.165) is 24.1 Å². The third-order valence-corrected chi connectivity index (χ3v) is 4.39. The van der Waals surface area contributed by atoms with Crippen LogP contribution in [-0.2, 0) is 11.3 Å². The van der Waals surface area contributed by atoms with Crippen LogP contribution in [0.4, 0.5) is 0 Å². The van der Waals surface area contributed by atoms with Gasteiger partial charge in [0.1, 0.15) is 5.69 Å². The summed E-state index contributed by atoms with van der Waals surface area (Å²) < 4.78 is 7.24. The molecule has 1 aromatic carbocycles. The predicted molar refractivity (Wildman–Crippen MR) is 88.7 cm³/mol. The highest BCUT2D eigenvalue weighted by Crippen LogP contribution is 2.23. The zero-order valence-corrected chi connectivity index (χ0v) is 13.8. The standard InChI is InChI=1S/C17H20ClN3O2/c1-12-10-16(21(20-12)14-6-8-23-9-7-14)17(22)19-11-13-4-2-3-5-15(13)18/h2-5,10,14H,6-9,11H2,1H3,(H,19,22). The third kappa shape index (κ3) is 3.74. The molecule has 1 aliphatic rings. The first-order valence-corrected chi connectivity index (χ1v) is 8.18. The normalized spacial score (nSPS) is 15.6. The SMILES string of the molecule is Cc1cc(C(=O)NCc2ccccc2Cl)n(C2CCOCC2)n1. The third-order valence-electron chi connectivity index (χ3n) is 4.02. The van der Waals surface area contributed by atoms with Crippen molar-refractivity contribution >= 4 is 17.5 Å². The van der Waals surface area contributed by atoms with Crippen LogP contribution in [0.15, 0.2) is 30.3 Å². The molecule has 5 nitrogen and oxygen atoms in total. The Morgan fingerprint density at radius 3 is 2.87 bits per heavy atom. The van der Waals surface area contributed by atoms with Crippen molar-refractivity contribution < 1.29 is 9.53 Å². The Hall–Kier alpha value is -1.85. The number of amides is 1. The van der Waals surface area contributed by atoms with E-state index in [1.54, 1.807) is 0 Å². The molecular weight excluding hydrogens is 314 g/mol. The lowest BCUT2D eigenvalue weighted by atomic mass is 10.1. The fourth-order valence-corrected chi connectivity index (χ4v) is 3.00. The number of aromatic nitrogens is 2. The number of carbonyl (C=O) groups excluding carboxylic acids is 1. The van der Waals surface area contributed by atoms with Crippen LogP contribution in [0.1, 0.15) is 40.6 Å². The number of benzene rings is 1. The Morgan fingerprint density at radius 1 is 1.39 bits per heavy atom. The highest BCUT2D eigenvalue weighted by molar-refractivity contribution is 6.31. The summed E-state index contributed by atoms with van der Waals surface area (Å²) in [5.41, 5.74) is 2.34. The van der Waals surface area contributed by atoms with Crippen LogP contribution >= 0.6 is 11.6 Å². The van der Waals surface area contributed by atoms with Crippen molar-refractivity contribution in [3.63, 3.8) is 0 Å². The first kappa shape index (κ1) is 16.0. The summed E-state index contributed by atoms with van der Waals surface area (Å²) in [5.74, 6) is -0.128. The molecule has 2 heterocycles. The molecule has 0 unspecified atom stereocenters. The molecule has 6 heteroatoms. The van der Waals surface area contributed by atoms with Gasteiger partial charge in [-0.1, -0.05) is 29.8 Å². The maximum Gasteiger partial charge on any atom is 0.269 e. The molecule has 0 atom stereocenters. The average Bonchev–Trinajstić information content (AvgIpc) is 2.97. The van der Waals surface area contributed by atoms with Crippen LogP contribution in [0, 0.1) is 6.92 Å². The Labute approximate surface area is 140 Å². The highest BCUT2D eigenvalue weighted by atomic mass is 35.5. The zero-order chi connectivity index (χ0) is 16.2. The Morgan fingerprint density at radius 2 is 2.13 bits per heavy atom. The number of halogens is 1. The minimum Gasteiger partial charge on any atom is -0.381 e. The number of nitrogens with one attached hydrogen (secondary N) is 1. The molecule has 0 bridgehead atoms. The van der Waals surface area contributed by atoms with Crippen molar-refractivity contribution in [2.24, 2.45) is 0 Å². The van der Waals surface area contributed by atoms with Gasteiger partial charge in [-0.15, -0.1) is 0 Å². The van der Waals surface area contributed by atoms with Crippen molar-refractivity contribution in [2.75, 3.05) is 13.2 Å². The van der Waals surface area contributed by atoms with Crippen LogP contribution < -0.4 is 5.32 Å². The van der Waals surface area contributed by atoms with Crippen LogP contribution in [0.3, 0.4) is 0 Å². The van der Waals surface area contributed by atoms with Crippen molar-refractivity contribution in [1.29, 1.82) is 0 Å². The number of carbonyl (C=O) groups is 1. The van der Waals surface area contributed by atoms with E-state index in [1.165, 1.54) is 0 Å². The number of aryl methyl sites for hydroxylation is 1. The van der Waals surface area contributed by atoms with E-state index in [-0.39, 0.29) is 11.9 Å². The molecule has 2 aromatic rings. The maximum atomic E-state index is 12.6. The first-order chi connectivity index (χ1) is 11.1. The molecule has 0 aliphatic carbocycles.